The maximum Gasteiger partial charge on any atom is 0.225 e. The molecule has 2 aliphatic heterocycles. The predicted molar refractivity (Wildman–Crippen MR) is 90.2 cm³/mol. The van der Waals surface area contributed by atoms with Gasteiger partial charge in [0.25, 0.3) is 0 Å². The molecule has 4 rings (SSSR count). The summed E-state index contributed by atoms with van der Waals surface area (Å²) in [5.41, 5.74) is 1.31. The summed E-state index contributed by atoms with van der Waals surface area (Å²) in [6.45, 7) is 5.16. The number of hydrogen-bond donors (Lipinski definition) is 1. The Kier molecular flexibility index (Phi) is 4.35. The Morgan fingerprint density at radius 2 is 2.21 bits per heavy atom. The summed E-state index contributed by atoms with van der Waals surface area (Å²) in [7, 11) is 1.95. The van der Waals surface area contributed by atoms with Gasteiger partial charge in [-0.15, -0.1) is 0 Å². The zero-order valence-electron chi connectivity index (χ0n) is 14.5. The lowest BCUT2D eigenvalue weighted by molar-refractivity contribution is -0.129. The number of nitrogens with one attached hydrogen (secondary N) is 1. The van der Waals surface area contributed by atoms with Crippen LogP contribution in [-0.2, 0) is 23.1 Å². The third kappa shape index (κ3) is 3.35. The van der Waals surface area contributed by atoms with Gasteiger partial charge in [0, 0.05) is 63.6 Å². The van der Waals surface area contributed by atoms with E-state index in [1.54, 1.807) is 0 Å². The van der Waals surface area contributed by atoms with Crippen molar-refractivity contribution in [1.82, 2.24) is 20.0 Å². The number of aryl methyl sites for hydroxylation is 1. The van der Waals surface area contributed by atoms with Crippen LogP contribution >= 0.6 is 0 Å². The minimum Gasteiger partial charge on any atom is -0.381 e. The second kappa shape index (κ2) is 6.48. The fourth-order valence-electron chi connectivity index (χ4n) is 4.34. The topological polar surface area (TPSA) is 59.4 Å². The zero-order valence-corrected chi connectivity index (χ0v) is 14.5. The van der Waals surface area contributed by atoms with Crippen molar-refractivity contribution in [2.45, 2.75) is 32.2 Å². The highest BCUT2D eigenvalue weighted by Gasteiger charge is 2.50. The maximum atomic E-state index is 12.9. The van der Waals surface area contributed by atoms with E-state index in [-0.39, 0.29) is 17.2 Å². The van der Waals surface area contributed by atoms with Gasteiger partial charge in [0.15, 0.2) is 0 Å². The van der Waals surface area contributed by atoms with E-state index in [0.717, 1.165) is 58.2 Å². The average molecular weight is 332 g/mol. The van der Waals surface area contributed by atoms with Crippen molar-refractivity contribution < 1.29 is 9.53 Å². The summed E-state index contributed by atoms with van der Waals surface area (Å²) < 4.78 is 7.43. The minimum atomic E-state index is 0.0914. The SMILES string of the molecule is Cn1cc(CN2C[C@@H](C(=O)NCC3CC3)C3(CCOCC3)C2)cn1. The number of carbonyl (C=O) groups is 1. The second-order valence-corrected chi connectivity index (χ2v) is 7.91. The van der Waals surface area contributed by atoms with Gasteiger partial charge in [-0.25, -0.2) is 0 Å². The number of nitrogens with zero attached hydrogens (tertiary/aromatic N) is 3. The quantitative estimate of drug-likeness (QED) is 0.879. The standard InChI is InChI=1S/C18H28N4O2/c1-21-10-15(9-20-21)11-22-12-16(17(23)19-8-14-2-3-14)18(13-22)4-6-24-7-5-18/h9-10,14,16H,2-8,11-13H2,1H3,(H,19,23)/t16-/m0/s1. The predicted octanol–water partition coefficient (Wildman–Crippen LogP) is 1.17. The molecule has 3 fully saturated rings. The van der Waals surface area contributed by atoms with E-state index in [4.69, 9.17) is 4.74 Å². The number of hydrogen-bond acceptors (Lipinski definition) is 4. The molecule has 1 atom stereocenters. The van der Waals surface area contributed by atoms with Crippen LogP contribution in [0, 0.1) is 17.3 Å². The fraction of sp³-hybridized carbons (Fsp3) is 0.778. The molecule has 1 amide bonds. The maximum absolute atomic E-state index is 12.9. The molecule has 0 unspecified atom stereocenters. The van der Waals surface area contributed by atoms with Crippen molar-refractivity contribution >= 4 is 5.91 Å². The number of amides is 1. The van der Waals surface area contributed by atoms with E-state index in [1.165, 1.54) is 18.4 Å². The number of carbonyl (C=O) groups excluding carboxylic acids is 1. The van der Waals surface area contributed by atoms with Gasteiger partial charge in [0.1, 0.15) is 0 Å². The average Bonchev–Trinajstić information content (AvgIpc) is 3.23. The van der Waals surface area contributed by atoms with Crippen LogP contribution in [-0.4, -0.2) is 53.4 Å². The third-order valence-electron chi connectivity index (χ3n) is 5.95. The highest BCUT2D eigenvalue weighted by Crippen LogP contribution is 2.45. The van der Waals surface area contributed by atoms with E-state index in [2.05, 4.69) is 21.5 Å². The molecule has 0 radical (unpaired) electrons. The summed E-state index contributed by atoms with van der Waals surface area (Å²) in [4.78, 5) is 15.3. The van der Waals surface area contributed by atoms with Crippen LogP contribution in [0.2, 0.25) is 0 Å². The van der Waals surface area contributed by atoms with Crippen LogP contribution in [0.4, 0.5) is 0 Å². The Labute approximate surface area is 143 Å². The third-order valence-corrected chi connectivity index (χ3v) is 5.95. The van der Waals surface area contributed by atoms with Crippen LogP contribution in [0.3, 0.4) is 0 Å². The van der Waals surface area contributed by atoms with Gasteiger partial charge in [0.2, 0.25) is 5.91 Å². The first-order valence-corrected chi connectivity index (χ1v) is 9.20. The molecule has 1 aromatic rings. The van der Waals surface area contributed by atoms with Crippen molar-refractivity contribution in [1.29, 1.82) is 0 Å². The molecule has 0 aromatic carbocycles. The van der Waals surface area contributed by atoms with Crippen molar-refractivity contribution in [3.8, 4) is 0 Å². The van der Waals surface area contributed by atoms with E-state index >= 15 is 0 Å². The summed E-state index contributed by atoms with van der Waals surface area (Å²) in [6, 6.07) is 0. The molecule has 6 nitrogen and oxygen atoms in total. The van der Waals surface area contributed by atoms with E-state index in [0.29, 0.717) is 0 Å². The molecule has 3 heterocycles. The zero-order chi connectivity index (χ0) is 16.6. The Bertz CT molecular complexity index is 590. The molecule has 3 aliphatic rings. The van der Waals surface area contributed by atoms with Crippen molar-refractivity contribution in [2.24, 2.45) is 24.3 Å². The Balaban J connectivity index is 1.45. The molecule has 0 bridgehead atoms. The van der Waals surface area contributed by atoms with Crippen LogP contribution in [0.5, 0.6) is 0 Å². The number of rotatable bonds is 5. The summed E-state index contributed by atoms with van der Waals surface area (Å²) in [5.74, 6) is 1.08. The van der Waals surface area contributed by atoms with Gasteiger partial charge in [-0.2, -0.15) is 5.10 Å². The molecule has 1 aliphatic carbocycles. The van der Waals surface area contributed by atoms with Crippen molar-refractivity contribution in [3.05, 3.63) is 18.0 Å². The molecule has 132 valence electrons. The normalized spacial score (nSPS) is 26.8. The van der Waals surface area contributed by atoms with E-state index in [9.17, 15) is 4.79 Å². The van der Waals surface area contributed by atoms with Crippen molar-refractivity contribution in [2.75, 3.05) is 32.8 Å². The lowest BCUT2D eigenvalue weighted by atomic mass is 9.71. The second-order valence-electron chi connectivity index (χ2n) is 7.91. The number of ether oxygens (including phenoxy) is 1. The highest BCUT2D eigenvalue weighted by molar-refractivity contribution is 5.80. The number of likely N-dealkylation sites (tertiary alicyclic amines) is 1. The lowest BCUT2D eigenvalue weighted by Gasteiger charge is -2.37. The Hall–Kier alpha value is -1.40. The van der Waals surface area contributed by atoms with Crippen LogP contribution in [0.1, 0.15) is 31.2 Å². The van der Waals surface area contributed by atoms with Gasteiger partial charge in [-0.05, 0) is 31.6 Å². The summed E-state index contributed by atoms with van der Waals surface area (Å²) in [6.07, 6.45) is 8.54. The molecule has 2 saturated heterocycles. The molecule has 24 heavy (non-hydrogen) atoms. The van der Waals surface area contributed by atoms with Gasteiger partial charge >= 0.3 is 0 Å². The van der Waals surface area contributed by atoms with Crippen LogP contribution in [0.25, 0.3) is 0 Å². The van der Waals surface area contributed by atoms with Gasteiger partial charge < -0.3 is 10.1 Å². The molecular formula is C18H28N4O2. The fourth-order valence-corrected chi connectivity index (χ4v) is 4.34. The minimum absolute atomic E-state index is 0.0914. The lowest BCUT2D eigenvalue weighted by Crippen LogP contribution is -2.44. The van der Waals surface area contributed by atoms with Crippen LogP contribution in [0.15, 0.2) is 12.4 Å². The van der Waals surface area contributed by atoms with Gasteiger partial charge in [-0.3, -0.25) is 14.4 Å². The monoisotopic (exact) mass is 332 g/mol. The Morgan fingerprint density at radius 1 is 1.42 bits per heavy atom. The smallest absolute Gasteiger partial charge is 0.225 e. The first-order valence-electron chi connectivity index (χ1n) is 9.20. The van der Waals surface area contributed by atoms with Gasteiger partial charge in [0.05, 0.1) is 12.1 Å². The summed E-state index contributed by atoms with van der Waals surface area (Å²) >= 11 is 0. The molecular weight excluding hydrogens is 304 g/mol. The van der Waals surface area contributed by atoms with Crippen LogP contribution < -0.4 is 5.32 Å². The Morgan fingerprint density at radius 3 is 2.88 bits per heavy atom. The molecule has 1 aromatic heterocycles. The van der Waals surface area contributed by atoms with E-state index in [1.807, 2.05) is 17.9 Å². The first-order chi connectivity index (χ1) is 11.6. The van der Waals surface area contributed by atoms with Crippen molar-refractivity contribution in [3.63, 3.8) is 0 Å². The molecule has 6 heteroatoms. The molecule has 1 saturated carbocycles. The largest absolute Gasteiger partial charge is 0.381 e. The number of aromatic nitrogens is 2. The first kappa shape index (κ1) is 16.1. The van der Waals surface area contributed by atoms with Gasteiger partial charge in [-0.1, -0.05) is 0 Å². The highest BCUT2D eigenvalue weighted by atomic mass is 16.5. The molecule has 1 spiro atoms. The molecule has 1 N–H and O–H groups in total. The van der Waals surface area contributed by atoms with E-state index < -0.39 is 0 Å². The summed E-state index contributed by atoms with van der Waals surface area (Å²) in [5, 5.41) is 7.49.